The first-order valence-corrected chi connectivity index (χ1v) is 10.7. The number of hydrogen-bond acceptors (Lipinski definition) is 6. The highest BCUT2D eigenvalue weighted by Gasteiger charge is 2.35. The Labute approximate surface area is 186 Å². The number of fused-ring (bicyclic) bond motifs is 2. The lowest BCUT2D eigenvalue weighted by Gasteiger charge is -2.21. The number of anilines is 1. The van der Waals surface area contributed by atoms with E-state index >= 15 is 0 Å². The predicted molar refractivity (Wildman–Crippen MR) is 122 cm³/mol. The second-order valence-electron chi connectivity index (χ2n) is 7.69. The molecule has 0 aromatic heterocycles. The summed E-state index contributed by atoms with van der Waals surface area (Å²) in [6.45, 7) is 1.05. The highest BCUT2D eigenvalue weighted by atomic mass is 16.5. The maximum absolute atomic E-state index is 12.9. The molecule has 0 atom stereocenters. The van der Waals surface area contributed by atoms with Gasteiger partial charge in [0, 0.05) is 17.2 Å². The van der Waals surface area contributed by atoms with Crippen molar-refractivity contribution in [3.05, 3.63) is 82.9 Å². The van der Waals surface area contributed by atoms with Crippen LogP contribution in [0.15, 0.2) is 60.7 Å². The van der Waals surface area contributed by atoms with E-state index in [4.69, 9.17) is 15.2 Å². The summed E-state index contributed by atoms with van der Waals surface area (Å²) in [5.74, 6) is -0.00554. The number of benzene rings is 3. The third-order valence-electron chi connectivity index (χ3n) is 5.49. The van der Waals surface area contributed by atoms with E-state index in [1.165, 1.54) is 6.07 Å². The van der Waals surface area contributed by atoms with Gasteiger partial charge in [-0.15, -0.1) is 0 Å². The molecule has 0 spiro atoms. The number of para-hydroxylation sites is 1. The minimum atomic E-state index is -0.413. The molecule has 0 aliphatic heterocycles. The minimum absolute atomic E-state index is 0.0155. The highest BCUT2D eigenvalue weighted by molar-refractivity contribution is 6.31. The Bertz CT molecular complexity index is 1140. The second kappa shape index (κ2) is 9.56. The Balaban J connectivity index is 1.32. The Morgan fingerprint density at radius 1 is 0.719 bits per heavy atom. The molecule has 32 heavy (non-hydrogen) atoms. The Hall–Kier alpha value is -3.80. The number of unbranched alkanes of at least 4 members (excludes halogenated alkanes) is 3. The molecule has 6 heteroatoms. The van der Waals surface area contributed by atoms with Crippen LogP contribution in [0.5, 0.6) is 17.2 Å². The number of rotatable bonds is 9. The molecule has 0 saturated carbocycles. The van der Waals surface area contributed by atoms with Gasteiger partial charge in [-0.2, -0.15) is 0 Å². The van der Waals surface area contributed by atoms with Gasteiger partial charge in [0.2, 0.25) is 0 Å². The summed E-state index contributed by atoms with van der Waals surface area (Å²) in [6, 6.07) is 17.6. The number of carbonyl (C=O) groups excluding carboxylic acids is 2. The van der Waals surface area contributed by atoms with E-state index in [-0.39, 0.29) is 45.2 Å². The van der Waals surface area contributed by atoms with Crippen LogP contribution in [0.25, 0.3) is 0 Å². The summed E-state index contributed by atoms with van der Waals surface area (Å²) < 4.78 is 11.4. The van der Waals surface area contributed by atoms with Crippen molar-refractivity contribution in [3.63, 3.8) is 0 Å². The van der Waals surface area contributed by atoms with E-state index in [2.05, 4.69) is 0 Å². The molecule has 0 radical (unpaired) electrons. The molecule has 1 aliphatic carbocycles. The molecule has 3 aromatic carbocycles. The van der Waals surface area contributed by atoms with Crippen molar-refractivity contribution in [2.75, 3.05) is 18.9 Å². The van der Waals surface area contributed by atoms with Gasteiger partial charge in [0.05, 0.1) is 30.0 Å². The minimum Gasteiger partial charge on any atom is -0.507 e. The molecule has 164 valence electrons. The van der Waals surface area contributed by atoms with Crippen LogP contribution >= 0.6 is 0 Å². The van der Waals surface area contributed by atoms with Crippen LogP contribution in [0.4, 0.5) is 5.69 Å². The Morgan fingerprint density at radius 2 is 1.28 bits per heavy atom. The van der Waals surface area contributed by atoms with Crippen molar-refractivity contribution in [2.24, 2.45) is 0 Å². The molecule has 0 bridgehead atoms. The van der Waals surface area contributed by atoms with Gasteiger partial charge in [-0.1, -0.05) is 42.5 Å². The number of phenols is 1. The van der Waals surface area contributed by atoms with Crippen molar-refractivity contribution in [3.8, 4) is 17.2 Å². The quantitative estimate of drug-likeness (QED) is 0.225. The SMILES string of the molecule is Nc1c(OCCCCCCOc2ccccc2)cc(O)c2c1C(=O)c1ccccc1C2=O. The standard InChI is InChI=1S/C26H25NO5/c27-24-21(32-15-9-2-1-8-14-31-17-10-4-3-5-11-17)16-20(28)22-23(24)26(30)19-13-7-6-12-18(19)25(22)29/h3-7,10-13,16,28H,1-2,8-9,14-15,27H2. The fourth-order valence-corrected chi connectivity index (χ4v) is 3.84. The number of nitrogens with two attached hydrogens (primary N) is 1. The fraction of sp³-hybridized carbons (Fsp3) is 0.231. The zero-order valence-electron chi connectivity index (χ0n) is 17.7. The maximum atomic E-state index is 12.9. The van der Waals surface area contributed by atoms with E-state index in [0.717, 1.165) is 31.4 Å². The summed E-state index contributed by atoms with van der Waals surface area (Å²) in [6.07, 6.45) is 3.66. The van der Waals surface area contributed by atoms with Gasteiger partial charge in [0.25, 0.3) is 0 Å². The van der Waals surface area contributed by atoms with Crippen LogP contribution in [0.1, 0.15) is 57.5 Å². The number of ketones is 2. The second-order valence-corrected chi connectivity index (χ2v) is 7.69. The van der Waals surface area contributed by atoms with E-state index in [9.17, 15) is 14.7 Å². The summed E-state index contributed by atoms with van der Waals surface area (Å²) in [7, 11) is 0. The summed E-state index contributed by atoms with van der Waals surface area (Å²) >= 11 is 0. The van der Waals surface area contributed by atoms with Crippen molar-refractivity contribution >= 4 is 17.3 Å². The first-order chi connectivity index (χ1) is 15.6. The van der Waals surface area contributed by atoms with Gasteiger partial charge < -0.3 is 20.3 Å². The fourth-order valence-electron chi connectivity index (χ4n) is 3.84. The van der Waals surface area contributed by atoms with Crippen LogP contribution in [-0.4, -0.2) is 29.9 Å². The largest absolute Gasteiger partial charge is 0.507 e. The lowest BCUT2D eigenvalue weighted by Crippen LogP contribution is -2.23. The van der Waals surface area contributed by atoms with Crippen LogP contribution in [-0.2, 0) is 0 Å². The summed E-state index contributed by atoms with van der Waals surface area (Å²) in [4.78, 5) is 25.7. The Morgan fingerprint density at radius 3 is 1.94 bits per heavy atom. The molecule has 0 fully saturated rings. The van der Waals surface area contributed by atoms with Crippen LogP contribution < -0.4 is 15.2 Å². The average Bonchev–Trinajstić information content (AvgIpc) is 2.81. The summed E-state index contributed by atoms with van der Waals surface area (Å²) in [5.41, 5.74) is 6.79. The number of carbonyl (C=O) groups is 2. The van der Waals surface area contributed by atoms with Crippen molar-refractivity contribution in [1.29, 1.82) is 0 Å². The lowest BCUT2D eigenvalue weighted by atomic mass is 9.82. The molecule has 0 amide bonds. The van der Waals surface area contributed by atoms with Gasteiger partial charge in [-0.05, 0) is 37.8 Å². The molecule has 1 aliphatic rings. The highest BCUT2D eigenvalue weighted by Crippen LogP contribution is 2.41. The number of ether oxygens (including phenoxy) is 2. The van der Waals surface area contributed by atoms with Gasteiger partial charge in [0.1, 0.15) is 17.2 Å². The molecule has 3 N–H and O–H groups in total. The van der Waals surface area contributed by atoms with E-state index < -0.39 is 5.78 Å². The topological polar surface area (TPSA) is 98.8 Å². The van der Waals surface area contributed by atoms with Crippen molar-refractivity contribution < 1.29 is 24.2 Å². The van der Waals surface area contributed by atoms with Crippen LogP contribution in [0.2, 0.25) is 0 Å². The molecule has 3 aromatic rings. The normalized spacial score (nSPS) is 12.2. The van der Waals surface area contributed by atoms with Crippen LogP contribution in [0.3, 0.4) is 0 Å². The lowest BCUT2D eigenvalue weighted by molar-refractivity contribution is 0.0977. The third kappa shape index (κ3) is 4.30. The number of hydrogen-bond donors (Lipinski definition) is 2. The van der Waals surface area contributed by atoms with E-state index in [1.54, 1.807) is 24.3 Å². The molecule has 4 rings (SSSR count). The monoisotopic (exact) mass is 431 g/mol. The molecule has 0 saturated heterocycles. The Kier molecular flexibility index (Phi) is 6.40. The molecule has 6 nitrogen and oxygen atoms in total. The first kappa shape index (κ1) is 21.4. The van der Waals surface area contributed by atoms with E-state index in [1.807, 2.05) is 30.3 Å². The number of aromatic hydroxyl groups is 1. The molecular formula is C26H25NO5. The molecule has 0 heterocycles. The van der Waals surface area contributed by atoms with E-state index in [0.29, 0.717) is 13.2 Å². The maximum Gasteiger partial charge on any atom is 0.198 e. The molecular weight excluding hydrogens is 406 g/mol. The zero-order chi connectivity index (χ0) is 22.5. The van der Waals surface area contributed by atoms with Gasteiger partial charge >= 0.3 is 0 Å². The number of phenolic OH excluding ortho intramolecular Hbond substituents is 1. The summed E-state index contributed by atoms with van der Waals surface area (Å²) in [5, 5.41) is 10.4. The number of nitrogen functional groups attached to an aromatic ring is 1. The zero-order valence-corrected chi connectivity index (χ0v) is 17.7. The van der Waals surface area contributed by atoms with Gasteiger partial charge in [0.15, 0.2) is 11.6 Å². The first-order valence-electron chi connectivity index (χ1n) is 10.7. The smallest absolute Gasteiger partial charge is 0.198 e. The van der Waals surface area contributed by atoms with Crippen molar-refractivity contribution in [1.82, 2.24) is 0 Å². The average molecular weight is 431 g/mol. The van der Waals surface area contributed by atoms with Crippen molar-refractivity contribution in [2.45, 2.75) is 25.7 Å². The van der Waals surface area contributed by atoms with Gasteiger partial charge in [-0.25, -0.2) is 0 Å². The predicted octanol–water partition coefficient (Wildman–Crippen LogP) is 4.77. The van der Waals surface area contributed by atoms with Gasteiger partial charge in [-0.3, -0.25) is 9.59 Å². The molecule has 0 unspecified atom stereocenters. The third-order valence-corrected chi connectivity index (χ3v) is 5.49. The van der Waals surface area contributed by atoms with Crippen LogP contribution in [0, 0.1) is 0 Å².